The lowest BCUT2D eigenvalue weighted by atomic mass is 10.1. The summed E-state index contributed by atoms with van der Waals surface area (Å²) in [7, 11) is 1.75. The number of alkyl carbamates (subject to hydrolysis) is 1. The standard InChI is InChI=1S/C22H37N5O3.HI/c1-22(2,3)30-21(28)25-11-5-10-24-20(23-4)26-16-18-6-8-19(9-7-18)17-27-12-14-29-15-13-27;/h6-9H,5,10-17H2,1-4H3,(H,25,28)(H2,23,24,26);1H. The van der Waals surface area contributed by atoms with Crippen LogP contribution < -0.4 is 16.0 Å². The number of halogens is 1. The van der Waals surface area contributed by atoms with Crippen LogP contribution in [0.1, 0.15) is 38.3 Å². The van der Waals surface area contributed by atoms with Gasteiger partial charge in [-0.05, 0) is 38.3 Å². The molecule has 0 bridgehead atoms. The summed E-state index contributed by atoms with van der Waals surface area (Å²) in [4.78, 5) is 18.3. The van der Waals surface area contributed by atoms with E-state index in [2.05, 4.69) is 50.1 Å². The van der Waals surface area contributed by atoms with Crippen LogP contribution in [-0.4, -0.2) is 69.0 Å². The number of benzene rings is 1. The third-order valence-corrected chi connectivity index (χ3v) is 4.53. The van der Waals surface area contributed by atoms with Crippen molar-refractivity contribution in [2.24, 2.45) is 4.99 Å². The van der Waals surface area contributed by atoms with Gasteiger partial charge in [-0.1, -0.05) is 24.3 Å². The van der Waals surface area contributed by atoms with E-state index in [4.69, 9.17) is 9.47 Å². The molecule has 0 saturated carbocycles. The Balaban J connectivity index is 0.00000480. The lowest BCUT2D eigenvalue weighted by Crippen LogP contribution is -2.39. The van der Waals surface area contributed by atoms with Crippen molar-refractivity contribution < 1.29 is 14.3 Å². The molecule has 2 rings (SSSR count). The Labute approximate surface area is 203 Å². The monoisotopic (exact) mass is 547 g/mol. The van der Waals surface area contributed by atoms with Crippen molar-refractivity contribution in [3.8, 4) is 0 Å². The molecule has 1 saturated heterocycles. The highest BCUT2D eigenvalue weighted by Gasteiger charge is 2.15. The van der Waals surface area contributed by atoms with Crippen molar-refractivity contribution in [1.82, 2.24) is 20.9 Å². The number of rotatable bonds is 8. The number of nitrogens with zero attached hydrogens (tertiary/aromatic N) is 2. The van der Waals surface area contributed by atoms with Gasteiger partial charge in [0, 0.05) is 46.3 Å². The van der Waals surface area contributed by atoms with Crippen LogP contribution in [0.4, 0.5) is 4.79 Å². The molecule has 0 aromatic heterocycles. The van der Waals surface area contributed by atoms with E-state index in [9.17, 15) is 4.79 Å². The molecule has 31 heavy (non-hydrogen) atoms. The van der Waals surface area contributed by atoms with Crippen molar-refractivity contribution in [2.75, 3.05) is 46.4 Å². The van der Waals surface area contributed by atoms with E-state index in [-0.39, 0.29) is 30.1 Å². The number of carbonyl (C=O) groups excluding carboxylic acids is 1. The zero-order valence-electron chi connectivity index (χ0n) is 19.2. The van der Waals surface area contributed by atoms with Crippen LogP contribution in [0.2, 0.25) is 0 Å². The largest absolute Gasteiger partial charge is 0.444 e. The summed E-state index contributed by atoms with van der Waals surface area (Å²) in [5.74, 6) is 0.740. The van der Waals surface area contributed by atoms with E-state index >= 15 is 0 Å². The summed E-state index contributed by atoms with van der Waals surface area (Å²) in [6.45, 7) is 12.1. The minimum atomic E-state index is -0.477. The topological polar surface area (TPSA) is 87.2 Å². The Morgan fingerprint density at radius 3 is 2.29 bits per heavy atom. The maximum atomic E-state index is 11.6. The third-order valence-electron chi connectivity index (χ3n) is 4.53. The van der Waals surface area contributed by atoms with Gasteiger partial charge >= 0.3 is 6.09 Å². The molecule has 1 heterocycles. The normalized spacial score (nSPS) is 15.0. The highest BCUT2D eigenvalue weighted by Crippen LogP contribution is 2.09. The Bertz CT molecular complexity index is 671. The second-order valence-corrected chi connectivity index (χ2v) is 8.34. The maximum Gasteiger partial charge on any atom is 0.407 e. The lowest BCUT2D eigenvalue weighted by Gasteiger charge is -2.26. The first-order chi connectivity index (χ1) is 14.4. The van der Waals surface area contributed by atoms with Crippen molar-refractivity contribution in [1.29, 1.82) is 0 Å². The zero-order chi connectivity index (χ0) is 21.8. The molecule has 3 N–H and O–H groups in total. The molecule has 1 fully saturated rings. The SMILES string of the molecule is CN=C(NCCCNC(=O)OC(C)(C)C)NCc1ccc(CN2CCOCC2)cc1.I. The van der Waals surface area contributed by atoms with Gasteiger partial charge in [-0.3, -0.25) is 9.89 Å². The maximum absolute atomic E-state index is 11.6. The summed E-state index contributed by atoms with van der Waals surface area (Å²) < 4.78 is 10.6. The van der Waals surface area contributed by atoms with Crippen molar-refractivity contribution in [3.63, 3.8) is 0 Å². The second kappa shape index (κ2) is 14.5. The highest BCUT2D eigenvalue weighted by atomic mass is 127. The first-order valence-electron chi connectivity index (χ1n) is 10.6. The molecule has 0 radical (unpaired) electrons. The number of nitrogens with one attached hydrogen (secondary N) is 3. The van der Waals surface area contributed by atoms with Crippen LogP contribution in [0.15, 0.2) is 29.3 Å². The van der Waals surface area contributed by atoms with Crippen molar-refractivity contribution in [2.45, 2.75) is 45.9 Å². The average Bonchev–Trinajstić information content (AvgIpc) is 2.70. The van der Waals surface area contributed by atoms with Crippen LogP contribution >= 0.6 is 24.0 Å². The van der Waals surface area contributed by atoms with Crippen LogP contribution in [0, 0.1) is 0 Å². The predicted molar refractivity (Wildman–Crippen MR) is 135 cm³/mol. The molecule has 0 atom stereocenters. The van der Waals surface area contributed by atoms with Gasteiger partial charge in [-0.2, -0.15) is 0 Å². The number of ether oxygens (including phenoxy) is 2. The number of carbonyl (C=O) groups is 1. The van der Waals surface area contributed by atoms with Gasteiger partial charge in [0.05, 0.1) is 13.2 Å². The van der Waals surface area contributed by atoms with E-state index in [1.54, 1.807) is 7.05 Å². The number of amides is 1. The van der Waals surface area contributed by atoms with Crippen LogP contribution in [0.3, 0.4) is 0 Å². The number of hydrogen-bond donors (Lipinski definition) is 3. The number of guanidine groups is 1. The molecule has 176 valence electrons. The molecule has 1 amide bonds. The summed E-state index contributed by atoms with van der Waals surface area (Å²) in [5, 5.41) is 9.32. The molecule has 0 aliphatic carbocycles. The molecule has 1 aromatic carbocycles. The summed E-state index contributed by atoms with van der Waals surface area (Å²) in [6, 6.07) is 8.68. The molecular formula is C22H38IN5O3. The average molecular weight is 547 g/mol. The van der Waals surface area contributed by atoms with Gasteiger partial charge in [0.25, 0.3) is 0 Å². The van der Waals surface area contributed by atoms with Gasteiger partial charge in [0.15, 0.2) is 5.96 Å². The Kier molecular flexibility index (Phi) is 12.8. The molecule has 1 aliphatic heterocycles. The smallest absolute Gasteiger partial charge is 0.407 e. The molecule has 1 aromatic rings. The quantitative estimate of drug-likeness (QED) is 0.201. The fourth-order valence-corrected chi connectivity index (χ4v) is 2.99. The van der Waals surface area contributed by atoms with Gasteiger partial charge < -0.3 is 25.4 Å². The number of aliphatic imine (C=N–C) groups is 1. The first-order valence-corrected chi connectivity index (χ1v) is 10.6. The Morgan fingerprint density at radius 1 is 1.06 bits per heavy atom. The van der Waals surface area contributed by atoms with Gasteiger partial charge in [-0.25, -0.2) is 4.79 Å². The van der Waals surface area contributed by atoms with Gasteiger partial charge in [-0.15, -0.1) is 24.0 Å². The Hall–Kier alpha value is -1.59. The zero-order valence-corrected chi connectivity index (χ0v) is 21.5. The fraction of sp³-hybridized carbons (Fsp3) is 0.636. The molecule has 8 nitrogen and oxygen atoms in total. The van der Waals surface area contributed by atoms with E-state index in [1.165, 1.54) is 11.1 Å². The lowest BCUT2D eigenvalue weighted by molar-refractivity contribution is 0.0342. The first kappa shape index (κ1) is 27.4. The highest BCUT2D eigenvalue weighted by molar-refractivity contribution is 14.0. The summed E-state index contributed by atoms with van der Waals surface area (Å²) in [5.41, 5.74) is 2.05. The van der Waals surface area contributed by atoms with Gasteiger partial charge in [0.2, 0.25) is 0 Å². The summed E-state index contributed by atoms with van der Waals surface area (Å²) in [6.07, 6.45) is 0.387. The molecule has 0 unspecified atom stereocenters. The molecule has 1 aliphatic rings. The minimum Gasteiger partial charge on any atom is -0.444 e. The molecule has 0 spiro atoms. The predicted octanol–water partition coefficient (Wildman–Crippen LogP) is 2.72. The summed E-state index contributed by atoms with van der Waals surface area (Å²) >= 11 is 0. The molecular weight excluding hydrogens is 509 g/mol. The van der Waals surface area contributed by atoms with Gasteiger partial charge in [0.1, 0.15) is 5.60 Å². The van der Waals surface area contributed by atoms with E-state index in [0.29, 0.717) is 19.6 Å². The minimum absolute atomic E-state index is 0. The van der Waals surface area contributed by atoms with Crippen LogP contribution in [0.5, 0.6) is 0 Å². The number of morpholine rings is 1. The van der Waals surface area contributed by atoms with E-state index in [1.807, 2.05) is 20.8 Å². The number of hydrogen-bond acceptors (Lipinski definition) is 5. The fourth-order valence-electron chi connectivity index (χ4n) is 2.99. The van der Waals surface area contributed by atoms with Crippen LogP contribution in [-0.2, 0) is 22.6 Å². The van der Waals surface area contributed by atoms with Crippen molar-refractivity contribution in [3.05, 3.63) is 35.4 Å². The van der Waals surface area contributed by atoms with E-state index < -0.39 is 5.60 Å². The van der Waals surface area contributed by atoms with E-state index in [0.717, 1.165) is 45.2 Å². The van der Waals surface area contributed by atoms with Crippen LogP contribution in [0.25, 0.3) is 0 Å². The molecule has 9 heteroatoms. The van der Waals surface area contributed by atoms with Crippen molar-refractivity contribution >= 4 is 36.0 Å². The second-order valence-electron chi connectivity index (χ2n) is 8.34. The third kappa shape index (κ3) is 12.1. The Morgan fingerprint density at radius 2 is 1.68 bits per heavy atom.